The summed E-state index contributed by atoms with van der Waals surface area (Å²) in [5.41, 5.74) is 2.43. The first kappa shape index (κ1) is 18.8. The first-order valence-corrected chi connectivity index (χ1v) is 9.69. The van der Waals surface area contributed by atoms with Crippen LogP contribution in [0.15, 0.2) is 48.5 Å². The number of nitrogens with one attached hydrogen (secondary N) is 3. The van der Waals surface area contributed by atoms with Crippen molar-refractivity contribution in [2.45, 2.75) is 25.7 Å². The van der Waals surface area contributed by atoms with E-state index < -0.39 is 0 Å². The van der Waals surface area contributed by atoms with Crippen LogP contribution in [0.4, 0.5) is 16.2 Å². The van der Waals surface area contributed by atoms with Gasteiger partial charge in [-0.3, -0.25) is 4.79 Å². The summed E-state index contributed by atoms with van der Waals surface area (Å²) in [6, 6.07) is 14.9. The molecule has 0 aliphatic heterocycles. The molecule has 27 heavy (non-hydrogen) atoms. The number of anilines is 2. The fourth-order valence-electron chi connectivity index (χ4n) is 2.64. The smallest absolute Gasteiger partial charge is 0.318 e. The average molecular weight is 382 g/mol. The summed E-state index contributed by atoms with van der Waals surface area (Å²) in [7, 11) is 1.56. The van der Waals surface area contributed by atoms with Crippen LogP contribution < -0.4 is 16.0 Å². The number of aromatic nitrogens is 1. The van der Waals surface area contributed by atoms with Gasteiger partial charge in [0.15, 0.2) is 0 Å². The molecule has 140 valence electrons. The number of unbranched alkanes of at least 4 members (excludes halogenated alkanes) is 1. The molecule has 0 bridgehead atoms. The quantitative estimate of drug-likeness (QED) is 0.530. The zero-order valence-corrected chi connectivity index (χ0v) is 15.9. The second-order valence-corrected chi connectivity index (χ2v) is 7.23. The normalized spacial score (nSPS) is 10.6. The minimum absolute atomic E-state index is 0.00805. The molecule has 0 atom stereocenters. The van der Waals surface area contributed by atoms with Gasteiger partial charge in [-0.25, -0.2) is 9.78 Å². The van der Waals surface area contributed by atoms with E-state index >= 15 is 0 Å². The molecule has 1 heterocycles. The van der Waals surface area contributed by atoms with Crippen molar-refractivity contribution in [2.24, 2.45) is 0 Å². The van der Waals surface area contributed by atoms with E-state index in [1.165, 1.54) is 4.70 Å². The minimum Gasteiger partial charge on any atom is -0.341 e. The van der Waals surface area contributed by atoms with Crippen LogP contribution in [0, 0.1) is 0 Å². The number of nitrogens with zero attached hydrogens (tertiary/aromatic N) is 1. The van der Waals surface area contributed by atoms with Gasteiger partial charge in [-0.15, -0.1) is 11.3 Å². The van der Waals surface area contributed by atoms with Gasteiger partial charge in [0.05, 0.1) is 15.2 Å². The first-order valence-electron chi connectivity index (χ1n) is 8.87. The van der Waals surface area contributed by atoms with Gasteiger partial charge < -0.3 is 16.0 Å². The molecule has 2 aromatic carbocycles. The maximum absolute atomic E-state index is 12.1. The molecule has 6 nitrogen and oxygen atoms in total. The predicted molar refractivity (Wildman–Crippen MR) is 110 cm³/mol. The van der Waals surface area contributed by atoms with Crippen LogP contribution in [0.2, 0.25) is 0 Å². The van der Waals surface area contributed by atoms with E-state index in [1.807, 2.05) is 18.2 Å². The third-order valence-electron chi connectivity index (χ3n) is 4.04. The summed E-state index contributed by atoms with van der Waals surface area (Å²) in [6.45, 7) is 0. The van der Waals surface area contributed by atoms with Crippen LogP contribution in [0.5, 0.6) is 0 Å². The molecule has 0 radical (unpaired) electrons. The third kappa shape index (κ3) is 5.52. The van der Waals surface area contributed by atoms with E-state index in [2.05, 4.69) is 27.0 Å². The van der Waals surface area contributed by atoms with Crippen molar-refractivity contribution in [1.82, 2.24) is 10.3 Å². The Bertz CT molecular complexity index is 888. The van der Waals surface area contributed by atoms with Gasteiger partial charge in [-0.05, 0) is 55.7 Å². The van der Waals surface area contributed by atoms with Crippen molar-refractivity contribution in [2.75, 3.05) is 17.7 Å². The number of hydrogen-bond acceptors (Lipinski definition) is 4. The summed E-state index contributed by atoms with van der Waals surface area (Å²) in [6.07, 6.45) is 3.12. The number of amides is 3. The number of urea groups is 1. The maximum atomic E-state index is 12.1. The zero-order chi connectivity index (χ0) is 19.1. The van der Waals surface area contributed by atoms with Gasteiger partial charge in [0.1, 0.15) is 0 Å². The number of carbonyl (C=O) groups excluding carboxylic acids is 2. The lowest BCUT2D eigenvalue weighted by molar-refractivity contribution is -0.116. The molecule has 0 aliphatic rings. The number of hydrogen-bond donors (Lipinski definition) is 3. The monoisotopic (exact) mass is 382 g/mol. The largest absolute Gasteiger partial charge is 0.341 e. The SMILES string of the molecule is CNC(=O)Nc1ccc(NC(=O)CCCCc2nc3ccccc3s2)cc1. The molecule has 3 N–H and O–H groups in total. The Morgan fingerprint density at radius 1 is 0.963 bits per heavy atom. The molecular formula is C20H22N4O2S. The number of para-hydroxylation sites is 1. The van der Waals surface area contributed by atoms with Crippen molar-refractivity contribution in [3.8, 4) is 0 Å². The standard InChI is InChI=1S/C20H22N4O2S/c1-21-20(26)23-15-12-10-14(11-13-15)22-18(25)8-4-5-9-19-24-16-6-2-3-7-17(16)27-19/h2-3,6-7,10-13H,4-5,8-9H2,1H3,(H,22,25)(H2,21,23,26). The predicted octanol–water partition coefficient (Wildman–Crippen LogP) is 4.40. The topological polar surface area (TPSA) is 83.1 Å². The summed E-state index contributed by atoms with van der Waals surface area (Å²) < 4.78 is 1.21. The molecule has 1 aromatic heterocycles. The van der Waals surface area contributed by atoms with Crippen molar-refractivity contribution in [3.63, 3.8) is 0 Å². The summed E-state index contributed by atoms with van der Waals surface area (Å²) >= 11 is 1.72. The highest BCUT2D eigenvalue weighted by Crippen LogP contribution is 2.23. The Morgan fingerprint density at radius 3 is 2.37 bits per heavy atom. The van der Waals surface area contributed by atoms with Crippen LogP contribution in [-0.4, -0.2) is 24.0 Å². The summed E-state index contributed by atoms with van der Waals surface area (Å²) in [4.78, 5) is 27.9. The molecule has 0 spiro atoms. The zero-order valence-electron chi connectivity index (χ0n) is 15.1. The lowest BCUT2D eigenvalue weighted by Crippen LogP contribution is -2.24. The molecule has 0 saturated heterocycles. The fourth-order valence-corrected chi connectivity index (χ4v) is 3.65. The number of fused-ring (bicyclic) bond motifs is 1. The van der Waals surface area contributed by atoms with Crippen LogP contribution in [0.3, 0.4) is 0 Å². The molecular weight excluding hydrogens is 360 g/mol. The van der Waals surface area contributed by atoms with E-state index in [9.17, 15) is 9.59 Å². The fraction of sp³-hybridized carbons (Fsp3) is 0.250. The number of carbonyl (C=O) groups is 2. The van der Waals surface area contributed by atoms with Crippen LogP contribution in [0.25, 0.3) is 10.2 Å². The van der Waals surface area contributed by atoms with Gasteiger partial charge in [0.2, 0.25) is 5.91 Å². The Morgan fingerprint density at radius 2 is 1.67 bits per heavy atom. The average Bonchev–Trinajstić information content (AvgIpc) is 3.09. The number of thiazole rings is 1. The molecule has 0 saturated carbocycles. The second-order valence-electron chi connectivity index (χ2n) is 6.11. The van der Waals surface area contributed by atoms with E-state index in [-0.39, 0.29) is 11.9 Å². The number of benzene rings is 2. The van der Waals surface area contributed by atoms with Gasteiger partial charge >= 0.3 is 6.03 Å². The van der Waals surface area contributed by atoms with E-state index in [0.29, 0.717) is 17.8 Å². The highest BCUT2D eigenvalue weighted by molar-refractivity contribution is 7.18. The molecule has 0 unspecified atom stereocenters. The molecule has 3 amide bonds. The lowest BCUT2D eigenvalue weighted by atomic mass is 10.2. The van der Waals surface area contributed by atoms with Gasteiger partial charge in [-0.1, -0.05) is 12.1 Å². The molecule has 3 aromatic rings. The Kier molecular flexibility index (Phi) is 6.38. The molecule has 0 aliphatic carbocycles. The van der Waals surface area contributed by atoms with Crippen LogP contribution >= 0.6 is 11.3 Å². The van der Waals surface area contributed by atoms with E-state index in [1.54, 1.807) is 42.6 Å². The Hall–Kier alpha value is -2.93. The van der Waals surface area contributed by atoms with Crippen molar-refractivity contribution >= 4 is 44.9 Å². The van der Waals surface area contributed by atoms with Gasteiger partial charge in [0.25, 0.3) is 0 Å². The number of rotatable bonds is 7. The third-order valence-corrected chi connectivity index (χ3v) is 5.13. The summed E-state index contributed by atoms with van der Waals surface area (Å²) in [5, 5.41) is 9.15. The van der Waals surface area contributed by atoms with Gasteiger partial charge in [-0.2, -0.15) is 0 Å². The Balaban J connectivity index is 1.39. The second kappa shape index (κ2) is 9.14. The highest BCUT2D eigenvalue weighted by atomic mass is 32.1. The van der Waals surface area contributed by atoms with Crippen molar-refractivity contribution in [3.05, 3.63) is 53.5 Å². The number of aryl methyl sites for hydroxylation is 1. The van der Waals surface area contributed by atoms with E-state index in [0.717, 1.165) is 29.8 Å². The van der Waals surface area contributed by atoms with Crippen LogP contribution in [-0.2, 0) is 11.2 Å². The van der Waals surface area contributed by atoms with Crippen LogP contribution in [0.1, 0.15) is 24.3 Å². The maximum Gasteiger partial charge on any atom is 0.318 e. The van der Waals surface area contributed by atoms with Crippen molar-refractivity contribution in [1.29, 1.82) is 0 Å². The van der Waals surface area contributed by atoms with Crippen molar-refractivity contribution < 1.29 is 9.59 Å². The minimum atomic E-state index is -0.278. The molecule has 3 rings (SSSR count). The molecule has 0 fully saturated rings. The Labute approximate surface area is 162 Å². The molecule has 7 heteroatoms. The summed E-state index contributed by atoms with van der Waals surface area (Å²) in [5.74, 6) is -0.00805. The van der Waals surface area contributed by atoms with Gasteiger partial charge in [0, 0.05) is 24.8 Å². The van der Waals surface area contributed by atoms with E-state index in [4.69, 9.17) is 0 Å². The first-order chi connectivity index (χ1) is 13.1. The highest BCUT2D eigenvalue weighted by Gasteiger charge is 2.06. The lowest BCUT2D eigenvalue weighted by Gasteiger charge is -2.07.